The molecule has 2 aromatic rings. The summed E-state index contributed by atoms with van der Waals surface area (Å²) in [5, 5.41) is 20.0. The molecular weight excluding hydrogens is 166 g/mol. The maximum absolute atomic E-state index is 9.49. The fourth-order valence-corrected chi connectivity index (χ4v) is 1.40. The van der Waals surface area contributed by atoms with E-state index in [9.17, 15) is 10.2 Å². The molecule has 0 aliphatic heterocycles. The quantitative estimate of drug-likeness (QED) is 0.422. The molecule has 0 heterocycles. The monoisotopic (exact) mass is 175 g/mol. The number of nitrogens with two attached hydrogens (primary N) is 1. The Labute approximate surface area is 75.0 Å². The van der Waals surface area contributed by atoms with Gasteiger partial charge in [0, 0.05) is 11.1 Å². The van der Waals surface area contributed by atoms with Crippen molar-refractivity contribution in [2.75, 3.05) is 5.73 Å². The lowest BCUT2D eigenvalue weighted by Gasteiger charge is -2.05. The number of benzene rings is 2. The molecular formula is C10H9NO2. The van der Waals surface area contributed by atoms with Crippen LogP contribution in [0.3, 0.4) is 0 Å². The minimum Gasteiger partial charge on any atom is -0.507 e. The van der Waals surface area contributed by atoms with Gasteiger partial charge in [0.25, 0.3) is 0 Å². The molecule has 4 N–H and O–H groups in total. The third-order valence-corrected chi connectivity index (χ3v) is 2.03. The summed E-state index contributed by atoms with van der Waals surface area (Å²) in [6.45, 7) is 0. The van der Waals surface area contributed by atoms with E-state index in [1.807, 2.05) is 0 Å². The first kappa shape index (κ1) is 7.73. The second-order valence-electron chi connectivity index (χ2n) is 2.87. The normalized spacial score (nSPS) is 10.5. The highest BCUT2D eigenvalue weighted by Gasteiger charge is 2.06. The van der Waals surface area contributed by atoms with E-state index in [2.05, 4.69) is 0 Å². The number of nitrogen functional groups attached to an aromatic ring is 1. The fourth-order valence-electron chi connectivity index (χ4n) is 1.40. The summed E-state index contributed by atoms with van der Waals surface area (Å²) >= 11 is 0. The lowest BCUT2D eigenvalue weighted by molar-refractivity contribution is 0.469. The van der Waals surface area contributed by atoms with Gasteiger partial charge in [-0.1, -0.05) is 12.1 Å². The van der Waals surface area contributed by atoms with Crippen molar-refractivity contribution in [2.24, 2.45) is 0 Å². The number of rotatable bonds is 0. The zero-order valence-electron chi connectivity index (χ0n) is 6.86. The molecule has 0 aliphatic rings. The summed E-state index contributed by atoms with van der Waals surface area (Å²) in [6, 6.07) is 7.99. The molecule has 0 fully saturated rings. The van der Waals surface area contributed by atoms with Gasteiger partial charge in [-0.05, 0) is 18.2 Å². The van der Waals surface area contributed by atoms with Gasteiger partial charge in [0.05, 0.1) is 5.39 Å². The van der Waals surface area contributed by atoms with Crippen LogP contribution >= 0.6 is 0 Å². The van der Waals surface area contributed by atoms with Gasteiger partial charge in [-0.2, -0.15) is 0 Å². The maximum Gasteiger partial charge on any atom is 0.125 e. The summed E-state index contributed by atoms with van der Waals surface area (Å²) in [6.07, 6.45) is 0. The van der Waals surface area contributed by atoms with Crippen molar-refractivity contribution in [3.8, 4) is 11.5 Å². The maximum atomic E-state index is 9.49. The van der Waals surface area contributed by atoms with Crippen molar-refractivity contribution in [2.45, 2.75) is 0 Å². The van der Waals surface area contributed by atoms with Gasteiger partial charge >= 0.3 is 0 Å². The number of hydrogen-bond acceptors (Lipinski definition) is 3. The topological polar surface area (TPSA) is 66.5 Å². The van der Waals surface area contributed by atoms with Crippen LogP contribution in [0.4, 0.5) is 5.69 Å². The summed E-state index contributed by atoms with van der Waals surface area (Å²) < 4.78 is 0. The van der Waals surface area contributed by atoms with Crippen molar-refractivity contribution in [3.05, 3.63) is 30.3 Å². The van der Waals surface area contributed by atoms with Crippen LogP contribution in [-0.4, -0.2) is 10.2 Å². The lowest BCUT2D eigenvalue weighted by atomic mass is 10.1. The third-order valence-electron chi connectivity index (χ3n) is 2.03. The zero-order valence-corrected chi connectivity index (χ0v) is 6.86. The van der Waals surface area contributed by atoms with Crippen LogP contribution in [0.5, 0.6) is 11.5 Å². The Kier molecular flexibility index (Phi) is 1.52. The predicted molar refractivity (Wildman–Crippen MR) is 51.7 cm³/mol. The minimum atomic E-state index is 0.0888. The van der Waals surface area contributed by atoms with E-state index in [1.165, 1.54) is 12.1 Å². The average Bonchev–Trinajstić information content (AvgIpc) is 2.12. The molecule has 0 amide bonds. The molecule has 0 aromatic heterocycles. The van der Waals surface area contributed by atoms with Crippen LogP contribution in [0.25, 0.3) is 10.8 Å². The van der Waals surface area contributed by atoms with Crippen LogP contribution in [0, 0.1) is 0 Å². The van der Waals surface area contributed by atoms with E-state index in [0.717, 1.165) is 0 Å². The van der Waals surface area contributed by atoms with Gasteiger partial charge in [-0.3, -0.25) is 0 Å². The number of anilines is 1. The molecule has 3 heteroatoms. The fraction of sp³-hybridized carbons (Fsp3) is 0. The third kappa shape index (κ3) is 1.05. The van der Waals surface area contributed by atoms with Gasteiger partial charge in [0.1, 0.15) is 11.5 Å². The number of hydrogen-bond donors (Lipinski definition) is 3. The standard InChI is InChI=1S/C10H9NO2/c11-7-3-1-2-6-8(12)4-5-9(13)10(6)7/h1-5,12-13H,11H2. The summed E-state index contributed by atoms with van der Waals surface area (Å²) in [5.74, 6) is 0.214. The number of fused-ring (bicyclic) bond motifs is 1. The average molecular weight is 175 g/mol. The molecule has 2 aromatic carbocycles. The van der Waals surface area contributed by atoms with E-state index in [1.54, 1.807) is 18.2 Å². The molecule has 0 saturated heterocycles. The van der Waals surface area contributed by atoms with E-state index >= 15 is 0 Å². The van der Waals surface area contributed by atoms with Crippen LogP contribution in [0.15, 0.2) is 30.3 Å². The minimum absolute atomic E-state index is 0.0888. The summed E-state index contributed by atoms with van der Waals surface area (Å²) in [4.78, 5) is 0. The van der Waals surface area contributed by atoms with Crippen LogP contribution in [0.1, 0.15) is 0 Å². The van der Waals surface area contributed by atoms with E-state index in [0.29, 0.717) is 16.5 Å². The van der Waals surface area contributed by atoms with E-state index in [-0.39, 0.29) is 11.5 Å². The first-order valence-corrected chi connectivity index (χ1v) is 3.89. The summed E-state index contributed by atoms with van der Waals surface area (Å²) in [7, 11) is 0. The van der Waals surface area contributed by atoms with E-state index < -0.39 is 0 Å². The van der Waals surface area contributed by atoms with Crippen molar-refractivity contribution in [1.29, 1.82) is 0 Å². The second-order valence-corrected chi connectivity index (χ2v) is 2.87. The van der Waals surface area contributed by atoms with Gasteiger partial charge < -0.3 is 15.9 Å². The van der Waals surface area contributed by atoms with Crippen LogP contribution < -0.4 is 5.73 Å². The predicted octanol–water partition coefficient (Wildman–Crippen LogP) is 1.83. The first-order valence-electron chi connectivity index (χ1n) is 3.89. The smallest absolute Gasteiger partial charge is 0.125 e. The van der Waals surface area contributed by atoms with Crippen molar-refractivity contribution >= 4 is 16.5 Å². The highest BCUT2D eigenvalue weighted by Crippen LogP contribution is 2.34. The van der Waals surface area contributed by atoms with Crippen LogP contribution in [-0.2, 0) is 0 Å². The molecule has 13 heavy (non-hydrogen) atoms. The molecule has 3 nitrogen and oxygen atoms in total. The number of phenolic OH excluding ortho intramolecular Hbond substituents is 2. The van der Waals surface area contributed by atoms with Crippen LogP contribution in [0.2, 0.25) is 0 Å². The molecule has 0 radical (unpaired) electrons. The Hall–Kier alpha value is -1.90. The Morgan fingerprint density at radius 1 is 0.923 bits per heavy atom. The molecule has 0 atom stereocenters. The van der Waals surface area contributed by atoms with Gasteiger partial charge in [0.15, 0.2) is 0 Å². The number of aromatic hydroxyl groups is 2. The lowest BCUT2D eigenvalue weighted by Crippen LogP contribution is -1.86. The zero-order chi connectivity index (χ0) is 9.42. The Balaban J connectivity index is 3.00. The molecule has 2 rings (SSSR count). The highest BCUT2D eigenvalue weighted by atomic mass is 16.3. The van der Waals surface area contributed by atoms with Gasteiger partial charge in [-0.25, -0.2) is 0 Å². The largest absolute Gasteiger partial charge is 0.507 e. The SMILES string of the molecule is Nc1cccc2c(O)ccc(O)c12. The molecule has 66 valence electrons. The summed E-state index contributed by atoms with van der Waals surface area (Å²) in [5.41, 5.74) is 6.12. The molecule has 0 bridgehead atoms. The molecule has 0 aliphatic carbocycles. The van der Waals surface area contributed by atoms with Crippen molar-refractivity contribution in [1.82, 2.24) is 0 Å². The second kappa shape index (κ2) is 2.55. The van der Waals surface area contributed by atoms with Gasteiger partial charge in [-0.15, -0.1) is 0 Å². The Morgan fingerprint density at radius 2 is 1.62 bits per heavy atom. The Bertz CT molecular complexity index is 457. The molecule has 0 spiro atoms. The van der Waals surface area contributed by atoms with Gasteiger partial charge in [0.2, 0.25) is 0 Å². The highest BCUT2D eigenvalue weighted by molar-refractivity contribution is 6.00. The molecule has 0 unspecified atom stereocenters. The van der Waals surface area contributed by atoms with E-state index in [4.69, 9.17) is 5.73 Å². The first-order chi connectivity index (χ1) is 6.20. The molecule has 0 saturated carbocycles. The van der Waals surface area contributed by atoms with Crippen molar-refractivity contribution in [3.63, 3.8) is 0 Å². The number of phenols is 2. The van der Waals surface area contributed by atoms with Crippen molar-refractivity contribution < 1.29 is 10.2 Å². The Morgan fingerprint density at radius 3 is 2.31 bits per heavy atom.